The van der Waals surface area contributed by atoms with Gasteiger partial charge in [-0.15, -0.1) is 5.92 Å². The molecule has 1 nitrogen and oxygen atoms in total. The number of aliphatic hydroxyl groups is 1. The monoisotopic (exact) mass is 152 g/mol. The van der Waals surface area contributed by atoms with Crippen molar-refractivity contribution in [3.63, 3.8) is 0 Å². The van der Waals surface area contributed by atoms with Crippen LogP contribution in [-0.2, 0) is 0 Å². The lowest BCUT2D eigenvalue weighted by atomic mass is 10.2. The molecule has 0 aliphatic carbocycles. The Hall–Kier alpha value is -0.740. The molecule has 0 aromatic heterocycles. The molecule has 0 saturated carbocycles. The molecule has 0 saturated heterocycles. The number of unbranched alkanes of at least 4 members (excludes halogenated alkanes) is 2. The summed E-state index contributed by atoms with van der Waals surface area (Å²) >= 11 is 0. The quantitative estimate of drug-likeness (QED) is 0.371. The van der Waals surface area contributed by atoms with E-state index in [1.165, 1.54) is 0 Å². The Morgan fingerprint density at radius 2 is 2.09 bits per heavy atom. The minimum Gasteiger partial charge on any atom is -0.384 e. The van der Waals surface area contributed by atoms with E-state index in [1.807, 2.05) is 0 Å². The first-order valence-corrected chi connectivity index (χ1v) is 4.13. The molecular formula is C10H16O. The van der Waals surface area contributed by atoms with E-state index in [0.29, 0.717) is 0 Å². The molecule has 0 aromatic rings. The summed E-state index contributed by atoms with van der Waals surface area (Å²) in [6.07, 6.45) is 8.56. The topological polar surface area (TPSA) is 20.2 Å². The van der Waals surface area contributed by atoms with Gasteiger partial charge in [-0.1, -0.05) is 25.0 Å². The van der Waals surface area contributed by atoms with Crippen molar-refractivity contribution in [3.05, 3.63) is 12.2 Å². The number of hydrogen-bond donors (Lipinski definition) is 1. The molecule has 1 heteroatoms. The molecule has 62 valence electrons. The van der Waals surface area contributed by atoms with E-state index in [9.17, 15) is 0 Å². The summed E-state index contributed by atoms with van der Waals surface area (Å²) in [5.41, 5.74) is 0. The van der Waals surface area contributed by atoms with E-state index >= 15 is 0 Å². The van der Waals surface area contributed by atoms with Gasteiger partial charge in [0, 0.05) is 6.42 Å². The number of hydrogen-bond acceptors (Lipinski definition) is 1. The Kier molecular flexibility index (Phi) is 8.64. The van der Waals surface area contributed by atoms with E-state index in [0.717, 1.165) is 25.7 Å². The predicted molar refractivity (Wildman–Crippen MR) is 48.1 cm³/mol. The molecular weight excluding hydrogens is 136 g/mol. The standard InChI is InChI=1S/C10H16O/c1-2-3-4-5-6-7-8-9-10-11/h3-4,11H,2,5-7,10H2,1H3/b4-3-. The van der Waals surface area contributed by atoms with Crippen LogP contribution in [0.1, 0.15) is 32.6 Å². The third kappa shape index (κ3) is 9.26. The fourth-order valence-electron chi connectivity index (χ4n) is 0.737. The van der Waals surface area contributed by atoms with Crippen LogP contribution < -0.4 is 0 Å². The van der Waals surface area contributed by atoms with Crippen molar-refractivity contribution in [2.75, 3.05) is 6.61 Å². The summed E-state index contributed by atoms with van der Waals surface area (Å²) in [5, 5.41) is 8.32. The molecule has 0 aliphatic rings. The summed E-state index contributed by atoms with van der Waals surface area (Å²) in [4.78, 5) is 0. The van der Waals surface area contributed by atoms with Gasteiger partial charge in [0.15, 0.2) is 0 Å². The molecule has 0 unspecified atom stereocenters. The molecule has 0 aromatic carbocycles. The fraction of sp³-hybridized carbons (Fsp3) is 0.600. The second-order valence-electron chi connectivity index (χ2n) is 2.28. The Balaban J connectivity index is 3.08. The van der Waals surface area contributed by atoms with E-state index in [-0.39, 0.29) is 6.61 Å². The SMILES string of the molecule is CC/C=C\CCCC#CCO. The minimum absolute atomic E-state index is 0.00913. The normalized spacial score (nSPS) is 9.64. The highest BCUT2D eigenvalue weighted by atomic mass is 16.2. The zero-order valence-corrected chi connectivity index (χ0v) is 7.14. The molecule has 1 N–H and O–H groups in total. The van der Waals surface area contributed by atoms with Crippen LogP contribution >= 0.6 is 0 Å². The first-order valence-electron chi connectivity index (χ1n) is 4.13. The van der Waals surface area contributed by atoms with Crippen molar-refractivity contribution < 1.29 is 5.11 Å². The summed E-state index contributed by atoms with van der Waals surface area (Å²) in [5.74, 6) is 5.50. The molecule has 11 heavy (non-hydrogen) atoms. The Bertz CT molecular complexity index is 148. The summed E-state index contributed by atoms with van der Waals surface area (Å²) in [6, 6.07) is 0. The van der Waals surface area contributed by atoms with Gasteiger partial charge in [0.25, 0.3) is 0 Å². The average Bonchev–Trinajstić information content (AvgIpc) is 2.03. The molecule has 0 rings (SSSR count). The van der Waals surface area contributed by atoms with Crippen molar-refractivity contribution in [3.8, 4) is 11.8 Å². The Morgan fingerprint density at radius 3 is 2.73 bits per heavy atom. The molecule has 0 atom stereocenters. The van der Waals surface area contributed by atoms with Crippen LogP contribution in [0.3, 0.4) is 0 Å². The van der Waals surface area contributed by atoms with Crippen LogP contribution in [-0.4, -0.2) is 11.7 Å². The highest BCUT2D eigenvalue weighted by Crippen LogP contribution is 1.95. The second kappa shape index (κ2) is 9.26. The third-order valence-corrected chi connectivity index (χ3v) is 1.28. The van der Waals surface area contributed by atoms with Gasteiger partial charge in [0.2, 0.25) is 0 Å². The molecule has 0 heterocycles. The maximum Gasteiger partial charge on any atom is 0.104 e. The zero-order chi connectivity index (χ0) is 8.36. The van der Waals surface area contributed by atoms with Crippen LogP contribution in [0.2, 0.25) is 0 Å². The van der Waals surface area contributed by atoms with Crippen molar-refractivity contribution in [1.29, 1.82) is 0 Å². The smallest absolute Gasteiger partial charge is 0.104 e. The van der Waals surface area contributed by atoms with Crippen LogP contribution in [0.5, 0.6) is 0 Å². The number of allylic oxidation sites excluding steroid dienone is 2. The van der Waals surface area contributed by atoms with Gasteiger partial charge in [-0.3, -0.25) is 0 Å². The summed E-state index contributed by atoms with van der Waals surface area (Å²) in [6.45, 7) is 2.12. The van der Waals surface area contributed by atoms with E-state index in [4.69, 9.17) is 5.11 Å². The Labute approximate surface area is 69.1 Å². The van der Waals surface area contributed by atoms with Crippen molar-refractivity contribution >= 4 is 0 Å². The molecule has 0 radical (unpaired) electrons. The van der Waals surface area contributed by atoms with E-state index in [2.05, 4.69) is 30.9 Å². The lowest BCUT2D eigenvalue weighted by molar-refractivity contribution is 0.350. The first kappa shape index (κ1) is 10.3. The molecule has 0 bridgehead atoms. The van der Waals surface area contributed by atoms with Gasteiger partial charge in [-0.05, 0) is 19.3 Å². The fourth-order valence-corrected chi connectivity index (χ4v) is 0.737. The van der Waals surface area contributed by atoms with Crippen molar-refractivity contribution in [2.45, 2.75) is 32.6 Å². The van der Waals surface area contributed by atoms with Gasteiger partial charge in [0.1, 0.15) is 6.61 Å². The van der Waals surface area contributed by atoms with Gasteiger partial charge < -0.3 is 5.11 Å². The largest absolute Gasteiger partial charge is 0.384 e. The maximum absolute atomic E-state index is 8.32. The molecule has 0 amide bonds. The predicted octanol–water partition coefficient (Wildman–Crippen LogP) is 2.12. The third-order valence-electron chi connectivity index (χ3n) is 1.28. The van der Waals surface area contributed by atoms with Crippen molar-refractivity contribution in [1.82, 2.24) is 0 Å². The maximum atomic E-state index is 8.32. The van der Waals surface area contributed by atoms with Gasteiger partial charge >= 0.3 is 0 Å². The second-order valence-corrected chi connectivity index (χ2v) is 2.28. The average molecular weight is 152 g/mol. The summed E-state index contributed by atoms with van der Waals surface area (Å²) in [7, 11) is 0. The Morgan fingerprint density at radius 1 is 1.27 bits per heavy atom. The van der Waals surface area contributed by atoms with Gasteiger partial charge in [-0.25, -0.2) is 0 Å². The zero-order valence-electron chi connectivity index (χ0n) is 7.14. The number of aliphatic hydroxyl groups excluding tert-OH is 1. The number of rotatable bonds is 4. The lowest BCUT2D eigenvalue weighted by Gasteiger charge is -1.86. The van der Waals surface area contributed by atoms with Gasteiger partial charge in [0.05, 0.1) is 0 Å². The first-order chi connectivity index (χ1) is 5.41. The highest BCUT2D eigenvalue weighted by Gasteiger charge is 1.78. The minimum atomic E-state index is -0.00913. The van der Waals surface area contributed by atoms with E-state index in [1.54, 1.807) is 0 Å². The van der Waals surface area contributed by atoms with Gasteiger partial charge in [-0.2, -0.15) is 0 Å². The van der Waals surface area contributed by atoms with E-state index < -0.39 is 0 Å². The van der Waals surface area contributed by atoms with Crippen LogP contribution in [0.25, 0.3) is 0 Å². The van der Waals surface area contributed by atoms with Crippen molar-refractivity contribution in [2.24, 2.45) is 0 Å². The molecule has 0 fully saturated rings. The summed E-state index contributed by atoms with van der Waals surface area (Å²) < 4.78 is 0. The van der Waals surface area contributed by atoms with Crippen LogP contribution in [0.15, 0.2) is 12.2 Å². The molecule has 0 spiro atoms. The highest BCUT2D eigenvalue weighted by molar-refractivity contribution is 4.98. The van der Waals surface area contributed by atoms with Crippen LogP contribution in [0, 0.1) is 11.8 Å². The van der Waals surface area contributed by atoms with Crippen LogP contribution in [0.4, 0.5) is 0 Å². The lowest BCUT2D eigenvalue weighted by Crippen LogP contribution is -1.73. The molecule has 0 aliphatic heterocycles.